The molecule has 0 radical (unpaired) electrons. The van der Waals surface area contributed by atoms with E-state index < -0.39 is 11.4 Å². The highest BCUT2D eigenvalue weighted by Crippen LogP contribution is 2.45. The maximum absolute atomic E-state index is 11.9. The van der Waals surface area contributed by atoms with Crippen LogP contribution in [0.2, 0.25) is 0 Å². The number of carboxylic acid groups (broad SMARTS) is 1. The van der Waals surface area contributed by atoms with Gasteiger partial charge < -0.3 is 9.67 Å². The van der Waals surface area contributed by atoms with Gasteiger partial charge in [-0.1, -0.05) is 19.8 Å². The minimum Gasteiger partial charge on any atom is -0.481 e. The van der Waals surface area contributed by atoms with Crippen molar-refractivity contribution < 1.29 is 9.90 Å². The Kier molecular flexibility index (Phi) is 4.52. The summed E-state index contributed by atoms with van der Waals surface area (Å²) in [5, 5.41) is 9.80. The molecule has 2 heterocycles. The van der Waals surface area contributed by atoms with Crippen LogP contribution < -0.4 is 0 Å². The lowest BCUT2D eigenvalue weighted by atomic mass is 9.75. The maximum Gasteiger partial charge on any atom is 0.310 e. The number of hydrogen-bond acceptors (Lipinski definition) is 3. The summed E-state index contributed by atoms with van der Waals surface area (Å²) in [6.45, 7) is 5.58. The number of carbonyl (C=O) groups is 1. The van der Waals surface area contributed by atoms with Crippen molar-refractivity contribution in [2.45, 2.75) is 58.5 Å². The minimum absolute atomic E-state index is 0.526. The molecule has 1 aliphatic heterocycles. The van der Waals surface area contributed by atoms with E-state index >= 15 is 0 Å². The van der Waals surface area contributed by atoms with E-state index in [1.165, 1.54) is 12.8 Å². The molecule has 3 rings (SSSR count). The van der Waals surface area contributed by atoms with Crippen LogP contribution in [0.15, 0.2) is 12.4 Å². The van der Waals surface area contributed by atoms with Gasteiger partial charge in [0.05, 0.1) is 12.0 Å². The number of likely N-dealkylation sites (tertiary alicyclic amines) is 1. The van der Waals surface area contributed by atoms with Crippen LogP contribution in [-0.2, 0) is 17.9 Å². The third kappa shape index (κ3) is 3.35. The number of aromatic nitrogens is 2. The van der Waals surface area contributed by atoms with Crippen LogP contribution in [0.1, 0.15) is 51.3 Å². The van der Waals surface area contributed by atoms with Crippen LogP contribution in [0.25, 0.3) is 0 Å². The van der Waals surface area contributed by atoms with Gasteiger partial charge in [0.15, 0.2) is 0 Å². The van der Waals surface area contributed by atoms with Crippen molar-refractivity contribution in [1.29, 1.82) is 0 Å². The molecule has 122 valence electrons. The van der Waals surface area contributed by atoms with E-state index in [0.29, 0.717) is 12.5 Å². The molecule has 2 fully saturated rings. The SMILES string of the molecule is CCCn1ccnc1CN1CCCC(CC2CC2)(C(=O)O)C1. The predicted molar refractivity (Wildman–Crippen MR) is 84.4 cm³/mol. The van der Waals surface area contributed by atoms with Crippen molar-refractivity contribution >= 4 is 5.97 Å². The summed E-state index contributed by atoms with van der Waals surface area (Å²) in [6.07, 6.45) is 10.1. The summed E-state index contributed by atoms with van der Waals surface area (Å²) < 4.78 is 2.19. The molecular weight excluding hydrogens is 278 g/mol. The Bertz CT molecular complexity index is 524. The topological polar surface area (TPSA) is 58.4 Å². The van der Waals surface area contributed by atoms with Crippen LogP contribution in [0.4, 0.5) is 0 Å². The molecule has 2 aliphatic rings. The molecule has 1 aromatic heterocycles. The van der Waals surface area contributed by atoms with Crippen molar-refractivity contribution in [1.82, 2.24) is 14.5 Å². The fourth-order valence-electron chi connectivity index (χ4n) is 3.80. The first-order chi connectivity index (χ1) is 10.6. The number of nitrogens with zero attached hydrogens (tertiary/aromatic N) is 3. The average molecular weight is 305 g/mol. The van der Waals surface area contributed by atoms with Gasteiger partial charge in [0, 0.05) is 25.5 Å². The van der Waals surface area contributed by atoms with Gasteiger partial charge in [-0.25, -0.2) is 4.98 Å². The zero-order valence-corrected chi connectivity index (χ0v) is 13.5. The molecule has 1 saturated heterocycles. The van der Waals surface area contributed by atoms with E-state index in [-0.39, 0.29) is 0 Å². The molecule has 1 saturated carbocycles. The monoisotopic (exact) mass is 305 g/mol. The molecule has 1 unspecified atom stereocenters. The van der Waals surface area contributed by atoms with E-state index in [4.69, 9.17) is 0 Å². The fraction of sp³-hybridized carbons (Fsp3) is 0.765. The van der Waals surface area contributed by atoms with Gasteiger partial charge in [0.1, 0.15) is 5.82 Å². The van der Waals surface area contributed by atoms with E-state index in [0.717, 1.165) is 51.1 Å². The summed E-state index contributed by atoms with van der Waals surface area (Å²) in [6, 6.07) is 0. The highest BCUT2D eigenvalue weighted by molar-refractivity contribution is 5.75. The largest absolute Gasteiger partial charge is 0.481 e. The quantitative estimate of drug-likeness (QED) is 0.841. The summed E-state index contributed by atoms with van der Waals surface area (Å²) in [5.74, 6) is 1.12. The second-order valence-corrected chi connectivity index (χ2v) is 7.08. The molecule has 1 atom stereocenters. The Morgan fingerprint density at radius 1 is 1.50 bits per heavy atom. The standard InChI is InChI=1S/C17H27N3O2/c1-2-8-20-10-7-18-15(20)12-19-9-3-6-17(13-19,16(21)22)11-14-4-5-14/h7,10,14H,2-6,8-9,11-13H2,1H3,(H,21,22). The molecule has 5 nitrogen and oxygen atoms in total. The van der Waals surface area contributed by atoms with E-state index in [9.17, 15) is 9.90 Å². The smallest absolute Gasteiger partial charge is 0.310 e. The first kappa shape index (κ1) is 15.5. The molecular formula is C17H27N3O2. The van der Waals surface area contributed by atoms with Crippen molar-refractivity contribution in [2.24, 2.45) is 11.3 Å². The Morgan fingerprint density at radius 2 is 2.32 bits per heavy atom. The summed E-state index contributed by atoms with van der Waals surface area (Å²) in [4.78, 5) is 18.7. The van der Waals surface area contributed by atoms with Crippen molar-refractivity contribution in [3.8, 4) is 0 Å². The summed E-state index contributed by atoms with van der Waals surface area (Å²) in [5.41, 5.74) is -0.526. The molecule has 1 aliphatic carbocycles. The van der Waals surface area contributed by atoms with Gasteiger partial charge in [0.25, 0.3) is 0 Å². The lowest BCUT2D eigenvalue weighted by Gasteiger charge is -2.40. The molecule has 1 aromatic rings. The third-order valence-electron chi connectivity index (χ3n) is 5.12. The second kappa shape index (κ2) is 6.41. The molecule has 22 heavy (non-hydrogen) atoms. The number of imidazole rings is 1. The Labute approximate surface area is 132 Å². The fourth-order valence-corrected chi connectivity index (χ4v) is 3.80. The lowest BCUT2D eigenvalue weighted by Crippen LogP contribution is -2.48. The van der Waals surface area contributed by atoms with Crippen LogP contribution in [0.5, 0.6) is 0 Å². The lowest BCUT2D eigenvalue weighted by molar-refractivity contribution is -0.153. The van der Waals surface area contributed by atoms with Crippen molar-refractivity contribution in [2.75, 3.05) is 13.1 Å². The third-order valence-corrected chi connectivity index (χ3v) is 5.12. The van der Waals surface area contributed by atoms with Crippen LogP contribution in [0, 0.1) is 11.3 Å². The molecule has 0 bridgehead atoms. The van der Waals surface area contributed by atoms with E-state index in [2.05, 4.69) is 21.4 Å². The number of carboxylic acids is 1. The Hall–Kier alpha value is -1.36. The number of aliphatic carboxylic acids is 1. The first-order valence-corrected chi connectivity index (χ1v) is 8.59. The zero-order valence-electron chi connectivity index (χ0n) is 13.5. The number of aryl methyl sites for hydroxylation is 1. The summed E-state index contributed by atoms with van der Waals surface area (Å²) in [7, 11) is 0. The van der Waals surface area contributed by atoms with Gasteiger partial charge >= 0.3 is 5.97 Å². The van der Waals surface area contributed by atoms with E-state index in [1.54, 1.807) is 0 Å². The highest BCUT2D eigenvalue weighted by Gasteiger charge is 2.45. The number of piperidine rings is 1. The average Bonchev–Trinajstić information content (AvgIpc) is 3.19. The van der Waals surface area contributed by atoms with Gasteiger partial charge in [0.2, 0.25) is 0 Å². The summed E-state index contributed by atoms with van der Waals surface area (Å²) >= 11 is 0. The van der Waals surface area contributed by atoms with E-state index in [1.807, 2.05) is 12.4 Å². The first-order valence-electron chi connectivity index (χ1n) is 8.59. The normalized spacial score (nSPS) is 26.2. The Balaban J connectivity index is 1.68. The van der Waals surface area contributed by atoms with Gasteiger partial charge in [-0.15, -0.1) is 0 Å². The molecule has 0 aromatic carbocycles. The molecule has 1 N–H and O–H groups in total. The number of hydrogen-bond donors (Lipinski definition) is 1. The predicted octanol–water partition coefficient (Wildman–Crippen LogP) is 2.76. The van der Waals surface area contributed by atoms with Crippen LogP contribution in [0.3, 0.4) is 0 Å². The zero-order chi connectivity index (χ0) is 15.6. The van der Waals surface area contributed by atoms with Crippen LogP contribution >= 0.6 is 0 Å². The van der Waals surface area contributed by atoms with Gasteiger partial charge in [-0.3, -0.25) is 9.69 Å². The minimum atomic E-state index is -0.596. The Morgan fingerprint density at radius 3 is 3.00 bits per heavy atom. The van der Waals surface area contributed by atoms with Gasteiger partial charge in [-0.05, 0) is 38.1 Å². The molecule has 0 amide bonds. The maximum atomic E-state index is 11.9. The second-order valence-electron chi connectivity index (χ2n) is 7.08. The van der Waals surface area contributed by atoms with Gasteiger partial charge in [-0.2, -0.15) is 0 Å². The highest BCUT2D eigenvalue weighted by atomic mass is 16.4. The molecule has 5 heteroatoms. The number of rotatable bonds is 7. The van der Waals surface area contributed by atoms with Crippen LogP contribution in [-0.4, -0.2) is 38.6 Å². The molecule has 0 spiro atoms. The van der Waals surface area contributed by atoms with Crippen molar-refractivity contribution in [3.63, 3.8) is 0 Å². The van der Waals surface area contributed by atoms with Crippen molar-refractivity contribution in [3.05, 3.63) is 18.2 Å².